The van der Waals surface area contributed by atoms with Gasteiger partial charge in [0.05, 0.1) is 24.5 Å². The molecule has 102 valence electrons. The number of hydrogen-bond donors (Lipinski definition) is 1. The number of alkyl halides is 1. The Morgan fingerprint density at radius 2 is 2.15 bits per heavy atom. The minimum absolute atomic E-state index is 0.438. The largest absolute Gasteiger partial charge is 0.354 e. The number of anilines is 1. The van der Waals surface area contributed by atoms with Crippen LogP contribution in [0.2, 0.25) is 0 Å². The summed E-state index contributed by atoms with van der Waals surface area (Å²) in [5, 5.41) is 7.97. The van der Waals surface area contributed by atoms with Gasteiger partial charge < -0.3 is 5.32 Å². The number of benzene rings is 1. The summed E-state index contributed by atoms with van der Waals surface area (Å²) in [7, 11) is 0. The van der Waals surface area contributed by atoms with E-state index in [4.69, 9.17) is 0 Å². The molecule has 0 radical (unpaired) electrons. The van der Waals surface area contributed by atoms with Gasteiger partial charge in [-0.05, 0) is 12.1 Å². The number of hydrogen-bond acceptors (Lipinski definition) is 4. The van der Waals surface area contributed by atoms with Crippen LogP contribution in [-0.2, 0) is 6.54 Å². The second-order valence-electron chi connectivity index (χ2n) is 4.94. The summed E-state index contributed by atoms with van der Waals surface area (Å²) in [6, 6.07) is 10.7. The van der Waals surface area contributed by atoms with Crippen LogP contribution in [0.4, 0.5) is 5.82 Å². The fraction of sp³-hybridized carbons (Fsp3) is 0.286. The Bertz CT molecular complexity index is 663. The molecule has 1 unspecified atom stereocenters. The lowest BCUT2D eigenvalue weighted by Gasteiger charge is -2.28. The molecule has 6 heteroatoms. The molecule has 1 N–H and O–H groups in total. The number of halogens is 1. The van der Waals surface area contributed by atoms with Gasteiger partial charge in [0.2, 0.25) is 0 Å². The van der Waals surface area contributed by atoms with Crippen molar-refractivity contribution in [3.05, 3.63) is 42.1 Å². The molecule has 0 spiro atoms. The first-order valence-electron chi connectivity index (χ1n) is 6.64. The van der Waals surface area contributed by atoms with Crippen LogP contribution in [-0.4, -0.2) is 32.8 Å². The highest BCUT2D eigenvalue weighted by Gasteiger charge is 2.36. The van der Waals surface area contributed by atoms with Crippen molar-refractivity contribution in [3.63, 3.8) is 0 Å². The van der Waals surface area contributed by atoms with E-state index in [1.807, 2.05) is 29.1 Å². The molecule has 0 saturated carbocycles. The van der Waals surface area contributed by atoms with Gasteiger partial charge in [0.25, 0.3) is 0 Å². The molecule has 1 aromatic carbocycles. The lowest BCUT2D eigenvalue weighted by molar-refractivity contribution is 0.757. The van der Waals surface area contributed by atoms with Crippen molar-refractivity contribution >= 4 is 34.4 Å². The molecule has 1 aromatic heterocycles. The Kier molecular flexibility index (Phi) is 2.90. The fourth-order valence-corrected chi connectivity index (χ4v) is 3.46. The highest BCUT2D eigenvalue weighted by molar-refractivity contribution is 14.1. The predicted molar refractivity (Wildman–Crippen MR) is 87.9 cm³/mol. The maximum Gasteiger partial charge on any atom is 0.200 e. The molecule has 4 rings (SSSR count). The van der Waals surface area contributed by atoms with E-state index in [2.05, 4.69) is 55.0 Å². The maximum absolute atomic E-state index is 4.61. The van der Waals surface area contributed by atoms with Gasteiger partial charge in [0.15, 0.2) is 5.96 Å². The first kappa shape index (κ1) is 12.2. The molecule has 2 aliphatic heterocycles. The smallest absolute Gasteiger partial charge is 0.200 e. The average molecular weight is 379 g/mol. The first-order valence-corrected chi connectivity index (χ1v) is 8.17. The number of para-hydroxylation sites is 1. The van der Waals surface area contributed by atoms with Gasteiger partial charge in [-0.3, -0.25) is 4.90 Å². The number of aromatic nitrogens is 2. The summed E-state index contributed by atoms with van der Waals surface area (Å²) >= 11 is 2.44. The van der Waals surface area contributed by atoms with Crippen molar-refractivity contribution in [2.45, 2.75) is 12.6 Å². The average Bonchev–Trinajstić information content (AvgIpc) is 3.11. The van der Waals surface area contributed by atoms with E-state index in [1.165, 1.54) is 5.56 Å². The van der Waals surface area contributed by atoms with Crippen LogP contribution in [0.3, 0.4) is 0 Å². The molecule has 1 fully saturated rings. The summed E-state index contributed by atoms with van der Waals surface area (Å²) in [5.41, 5.74) is 2.28. The van der Waals surface area contributed by atoms with Crippen molar-refractivity contribution in [2.75, 3.05) is 15.9 Å². The van der Waals surface area contributed by atoms with Crippen LogP contribution in [0.25, 0.3) is 5.69 Å². The van der Waals surface area contributed by atoms with Crippen LogP contribution < -0.4 is 10.2 Å². The Labute approximate surface area is 130 Å². The summed E-state index contributed by atoms with van der Waals surface area (Å²) in [5.74, 6) is 2.14. The monoisotopic (exact) mass is 379 g/mol. The van der Waals surface area contributed by atoms with E-state index in [-0.39, 0.29) is 0 Å². The Morgan fingerprint density at radius 1 is 1.30 bits per heavy atom. The molecule has 5 nitrogen and oxygen atoms in total. The Balaban J connectivity index is 1.86. The molecule has 1 saturated heterocycles. The molecule has 3 heterocycles. The molecule has 2 aromatic rings. The van der Waals surface area contributed by atoms with Crippen molar-refractivity contribution in [3.8, 4) is 5.69 Å². The predicted octanol–water partition coefficient (Wildman–Crippen LogP) is 1.96. The van der Waals surface area contributed by atoms with Gasteiger partial charge in [-0.25, -0.2) is 9.67 Å². The highest BCUT2D eigenvalue weighted by Crippen LogP contribution is 2.32. The topological polar surface area (TPSA) is 45.5 Å². The van der Waals surface area contributed by atoms with Crippen LogP contribution >= 0.6 is 22.6 Å². The molecule has 20 heavy (non-hydrogen) atoms. The quantitative estimate of drug-likeness (QED) is 0.641. The number of fused-ring (bicyclic) bond motifs is 3. The second kappa shape index (κ2) is 4.76. The van der Waals surface area contributed by atoms with E-state index in [1.54, 1.807) is 0 Å². The van der Waals surface area contributed by atoms with Gasteiger partial charge in [-0.2, -0.15) is 5.10 Å². The SMILES string of the molecule is ICC1CNC2=NCc3cnn(-c4ccccc4)c3N21. The Hall–Kier alpha value is -1.57. The van der Waals surface area contributed by atoms with Gasteiger partial charge in [0.1, 0.15) is 5.82 Å². The molecule has 0 aliphatic carbocycles. The third-order valence-electron chi connectivity index (χ3n) is 3.71. The van der Waals surface area contributed by atoms with Gasteiger partial charge in [-0.1, -0.05) is 40.8 Å². The highest BCUT2D eigenvalue weighted by atomic mass is 127. The fourth-order valence-electron chi connectivity index (χ4n) is 2.75. The zero-order valence-electron chi connectivity index (χ0n) is 10.8. The summed E-state index contributed by atoms with van der Waals surface area (Å²) in [6.07, 6.45) is 1.94. The van der Waals surface area contributed by atoms with Crippen molar-refractivity contribution < 1.29 is 0 Å². The number of rotatable bonds is 2. The van der Waals surface area contributed by atoms with Gasteiger partial charge >= 0.3 is 0 Å². The van der Waals surface area contributed by atoms with Crippen molar-refractivity contribution in [1.82, 2.24) is 15.1 Å². The lowest BCUT2D eigenvalue weighted by atomic mass is 10.2. The zero-order valence-corrected chi connectivity index (χ0v) is 13.0. The normalized spacial score (nSPS) is 20.1. The van der Waals surface area contributed by atoms with Crippen LogP contribution in [0, 0.1) is 0 Å². The van der Waals surface area contributed by atoms with Crippen LogP contribution in [0.1, 0.15) is 5.56 Å². The first-order chi connectivity index (χ1) is 9.88. The van der Waals surface area contributed by atoms with Crippen LogP contribution in [0.15, 0.2) is 41.5 Å². The zero-order chi connectivity index (χ0) is 13.5. The molecular formula is C14H14IN5. The lowest BCUT2D eigenvalue weighted by Crippen LogP contribution is -2.40. The number of nitrogens with zero attached hydrogens (tertiary/aromatic N) is 4. The molecular weight excluding hydrogens is 365 g/mol. The minimum Gasteiger partial charge on any atom is -0.354 e. The number of aliphatic imine (C=N–C) groups is 1. The van der Waals surface area contributed by atoms with E-state index < -0.39 is 0 Å². The third-order valence-corrected chi connectivity index (χ3v) is 4.73. The van der Waals surface area contributed by atoms with Gasteiger partial charge in [-0.15, -0.1) is 0 Å². The van der Waals surface area contributed by atoms with E-state index in [9.17, 15) is 0 Å². The van der Waals surface area contributed by atoms with Crippen molar-refractivity contribution in [2.24, 2.45) is 4.99 Å². The molecule has 0 amide bonds. The van der Waals surface area contributed by atoms with Gasteiger partial charge in [0, 0.05) is 16.5 Å². The second-order valence-corrected chi connectivity index (χ2v) is 5.82. The summed E-state index contributed by atoms with van der Waals surface area (Å²) in [4.78, 5) is 6.91. The van der Waals surface area contributed by atoms with Crippen molar-refractivity contribution in [1.29, 1.82) is 0 Å². The third kappa shape index (κ3) is 1.74. The Morgan fingerprint density at radius 3 is 2.95 bits per heavy atom. The molecule has 0 bridgehead atoms. The van der Waals surface area contributed by atoms with E-state index in [0.717, 1.165) is 28.4 Å². The minimum atomic E-state index is 0.438. The molecule has 2 aliphatic rings. The van der Waals surface area contributed by atoms with Crippen LogP contribution in [0.5, 0.6) is 0 Å². The maximum atomic E-state index is 4.61. The van der Waals surface area contributed by atoms with E-state index >= 15 is 0 Å². The summed E-state index contributed by atoms with van der Waals surface area (Å²) < 4.78 is 3.08. The summed E-state index contributed by atoms with van der Waals surface area (Å²) in [6.45, 7) is 1.65. The number of nitrogens with one attached hydrogen (secondary N) is 1. The number of guanidine groups is 1. The molecule has 1 atom stereocenters. The van der Waals surface area contributed by atoms with E-state index in [0.29, 0.717) is 12.6 Å². The standard InChI is InChI=1S/C14H14IN5/c15-6-12-9-17-14-16-7-10-8-18-20(13(10)19(12)14)11-4-2-1-3-5-11/h1-5,8,12H,6-7,9H2,(H,16,17).